The van der Waals surface area contributed by atoms with Crippen LogP contribution < -0.4 is 15.5 Å². The molecule has 0 radical (unpaired) electrons. The molecule has 1 fully saturated rings. The maximum absolute atomic E-state index is 13.2. The van der Waals surface area contributed by atoms with Crippen LogP contribution in [0.4, 0.5) is 26.2 Å². The number of aliphatic carboxylic acids is 1. The fraction of sp³-hybridized carbons (Fsp3) is 0.440. The van der Waals surface area contributed by atoms with E-state index in [-0.39, 0.29) is 18.4 Å². The topological polar surface area (TPSA) is 102 Å². The molecule has 0 saturated carbocycles. The Morgan fingerprint density at radius 1 is 1.18 bits per heavy atom. The second kappa shape index (κ2) is 10.2. The van der Waals surface area contributed by atoms with E-state index in [1.54, 1.807) is 13.8 Å². The van der Waals surface area contributed by atoms with Crippen molar-refractivity contribution < 1.29 is 24.2 Å². The first-order chi connectivity index (χ1) is 15.6. The molecule has 2 aromatic carbocycles. The smallest absolute Gasteiger partial charge is 0.323 e. The molecule has 0 bridgehead atoms. The number of hydrogen-bond acceptors (Lipinski definition) is 4. The first kappa shape index (κ1) is 24.5. The number of anilines is 3. The molecule has 2 aromatic rings. The molecule has 7 nitrogen and oxygen atoms in total. The summed E-state index contributed by atoms with van der Waals surface area (Å²) >= 11 is 0. The summed E-state index contributed by atoms with van der Waals surface area (Å²) in [6.07, 6.45) is 2.37. The lowest BCUT2D eigenvalue weighted by molar-refractivity contribution is -0.137. The predicted octanol–water partition coefficient (Wildman–Crippen LogP) is 5.18. The third-order valence-corrected chi connectivity index (χ3v) is 6.13. The van der Waals surface area contributed by atoms with E-state index in [4.69, 9.17) is 0 Å². The van der Waals surface area contributed by atoms with E-state index in [1.165, 1.54) is 24.3 Å². The number of hydrogen-bond donors (Lipinski definition) is 4. The Labute approximate surface area is 193 Å². The first-order valence-electron chi connectivity index (χ1n) is 11.3. The zero-order chi connectivity index (χ0) is 24.2. The molecule has 1 heterocycles. The van der Waals surface area contributed by atoms with Crippen molar-refractivity contribution in [3.63, 3.8) is 0 Å². The summed E-state index contributed by atoms with van der Waals surface area (Å²) in [4.78, 5) is 26.2. The summed E-state index contributed by atoms with van der Waals surface area (Å²) in [5, 5.41) is 25.5. The Morgan fingerprint density at radius 2 is 1.88 bits per heavy atom. The van der Waals surface area contributed by atoms with Crippen LogP contribution in [0.25, 0.3) is 0 Å². The molecular weight excluding hydrogens is 425 g/mol. The number of benzene rings is 2. The van der Waals surface area contributed by atoms with Gasteiger partial charge in [-0.15, -0.1) is 0 Å². The summed E-state index contributed by atoms with van der Waals surface area (Å²) in [7, 11) is 0. The highest BCUT2D eigenvalue weighted by Crippen LogP contribution is 2.38. The van der Waals surface area contributed by atoms with Crippen molar-refractivity contribution in [3.05, 3.63) is 53.8 Å². The first-order valence-corrected chi connectivity index (χ1v) is 11.3. The van der Waals surface area contributed by atoms with E-state index in [0.717, 1.165) is 30.6 Å². The maximum atomic E-state index is 13.2. The van der Waals surface area contributed by atoms with E-state index in [2.05, 4.69) is 15.5 Å². The number of halogens is 1. The molecule has 0 aromatic heterocycles. The maximum Gasteiger partial charge on any atom is 0.323 e. The molecule has 0 aliphatic carbocycles. The van der Waals surface area contributed by atoms with Crippen LogP contribution in [0, 0.1) is 5.82 Å². The fourth-order valence-corrected chi connectivity index (χ4v) is 4.47. The number of aliphatic hydroxyl groups is 1. The summed E-state index contributed by atoms with van der Waals surface area (Å²) in [5.41, 5.74) is 1.63. The average molecular weight is 458 g/mol. The van der Waals surface area contributed by atoms with Crippen molar-refractivity contribution in [3.8, 4) is 0 Å². The van der Waals surface area contributed by atoms with Crippen LogP contribution in [0.15, 0.2) is 42.5 Å². The lowest BCUT2D eigenvalue weighted by atomic mass is 9.92. The highest BCUT2D eigenvalue weighted by atomic mass is 19.1. The van der Waals surface area contributed by atoms with Gasteiger partial charge in [0.05, 0.1) is 29.4 Å². The third-order valence-electron chi connectivity index (χ3n) is 6.13. The second-order valence-electron chi connectivity index (χ2n) is 9.07. The summed E-state index contributed by atoms with van der Waals surface area (Å²) in [5.74, 6) is -1.47. The fourth-order valence-electron chi connectivity index (χ4n) is 4.47. The number of carbonyl (C=O) groups is 2. The van der Waals surface area contributed by atoms with Gasteiger partial charge in [-0.2, -0.15) is 0 Å². The zero-order valence-electron chi connectivity index (χ0n) is 19.3. The van der Waals surface area contributed by atoms with Crippen LogP contribution in [0.5, 0.6) is 0 Å². The van der Waals surface area contributed by atoms with E-state index in [1.807, 2.05) is 25.1 Å². The van der Waals surface area contributed by atoms with Crippen LogP contribution in [-0.2, 0) is 4.79 Å². The van der Waals surface area contributed by atoms with E-state index in [0.29, 0.717) is 17.8 Å². The molecule has 1 aliphatic rings. The molecule has 178 valence electrons. The van der Waals surface area contributed by atoms with Crippen LogP contribution in [0.1, 0.15) is 57.9 Å². The van der Waals surface area contributed by atoms with E-state index < -0.39 is 23.4 Å². The molecule has 8 heteroatoms. The van der Waals surface area contributed by atoms with Crippen LogP contribution >= 0.6 is 0 Å². The quantitative estimate of drug-likeness (QED) is 0.438. The number of nitrogens with zero attached hydrogens (tertiary/aromatic N) is 1. The van der Waals surface area contributed by atoms with Crippen LogP contribution in [-0.4, -0.2) is 40.4 Å². The highest BCUT2D eigenvalue weighted by molar-refractivity contribution is 6.02. The molecule has 2 amide bonds. The second-order valence-corrected chi connectivity index (χ2v) is 9.07. The van der Waals surface area contributed by atoms with Gasteiger partial charge in [0.2, 0.25) is 0 Å². The molecule has 2 unspecified atom stereocenters. The van der Waals surface area contributed by atoms with Crippen molar-refractivity contribution in [2.24, 2.45) is 0 Å². The molecule has 3 rings (SSSR count). The Bertz CT molecular complexity index is 988. The number of carboxylic acids is 1. The van der Waals surface area contributed by atoms with Crippen LogP contribution in [0.3, 0.4) is 0 Å². The van der Waals surface area contributed by atoms with Crippen LogP contribution in [0.2, 0.25) is 0 Å². The van der Waals surface area contributed by atoms with E-state index in [9.17, 15) is 24.2 Å². The van der Waals surface area contributed by atoms with E-state index >= 15 is 0 Å². The Hall–Kier alpha value is -3.13. The normalized spacial score (nSPS) is 17.0. The third kappa shape index (κ3) is 6.22. The van der Waals surface area contributed by atoms with Gasteiger partial charge in [0.25, 0.3) is 0 Å². The summed E-state index contributed by atoms with van der Waals surface area (Å²) < 4.78 is 13.2. The van der Waals surface area contributed by atoms with Crippen molar-refractivity contribution in [2.75, 3.05) is 22.1 Å². The molecule has 1 aliphatic heterocycles. The van der Waals surface area contributed by atoms with Gasteiger partial charge in [-0.05, 0) is 81.0 Å². The van der Waals surface area contributed by atoms with Gasteiger partial charge in [-0.3, -0.25) is 4.79 Å². The molecule has 33 heavy (non-hydrogen) atoms. The van der Waals surface area contributed by atoms with Gasteiger partial charge in [-0.1, -0.05) is 13.0 Å². The standard InChI is InChI=1S/C25H32FN3O4/c1-4-16(15-23(30)31)17-7-12-21(29-13-5-6-22(29)25(2,3)33)20(14-17)28-24(32)27-19-10-8-18(26)9-11-19/h7-12,14,16,22,33H,4-6,13,15H2,1-3H3,(H,30,31)(H2,27,28,32). The number of amides is 2. The predicted molar refractivity (Wildman–Crippen MR) is 127 cm³/mol. The summed E-state index contributed by atoms with van der Waals surface area (Å²) in [6.45, 7) is 6.21. The average Bonchev–Trinajstić information content (AvgIpc) is 3.24. The molecule has 4 N–H and O–H groups in total. The SMILES string of the molecule is CCC(CC(=O)O)c1ccc(N2CCCC2C(C)(C)O)c(NC(=O)Nc2ccc(F)cc2)c1. The van der Waals surface area contributed by atoms with Gasteiger partial charge >= 0.3 is 12.0 Å². The molecule has 1 saturated heterocycles. The van der Waals surface area contributed by atoms with Gasteiger partial charge < -0.3 is 25.7 Å². The molecule has 2 atom stereocenters. The van der Waals surface area contributed by atoms with Crippen molar-refractivity contribution >= 4 is 29.1 Å². The van der Waals surface area contributed by atoms with Gasteiger partial charge in [0.1, 0.15) is 5.82 Å². The van der Waals surface area contributed by atoms with Crippen molar-refractivity contribution in [2.45, 2.75) is 64.0 Å². The lowest BCUT2D eigenvalue weighted by Gasteiger charge is -2.36. The summed E-state index contributed by atoms with van der Waals surface area (Å²) in [6, 6.07) is 10.4. The highest BCUT2D eigenvalue weighted by Gasteiger charge is 2.37. The number of carboxylic acid groups (broad SMARTS) is 1. The number of urea groups is 1. The monoisotopic (exact) mass is 457 g/mol. The zero-order valence-corrected chi connectivity index (χ0v) is 19.3. The number of carbonyl (C=O) groups excluding carboxylic acids is 1. The minimum atomic E-state index is -0.932. The van der Waals surface area contributed by atoms with Crippen molar-refractivity contribution in [1.29, 1.82) is 0 Å². The van der Waals surface area contributed by atoms with Crippen molar-refractivity contribution in [1.82, 2.24) is 0 Å². The van der Waals surface area contributed by atoms with Gasteiger partial charge in [-0.25, -0.2) is 9.18 Å². The largest absolute Gasteiger partial charge is 0.481 e. The number of rotatable bonds is 8. The minimum absolute atomic E-state index is 0.00687. The Kier molecular flexibility index (Phi) is 7.58. The number of nitrogens with one attached hydrogen (secondary N) is 2. The molecular formula is C25H32FN3O4. The Morgan fingerprint density at radius 3 is 2.48 bits per heavy atom. The minimum Gasteiger partial charge on any atom is -0.481 e. The Balaban J connectivity index is 1.94. The molecule has 0 spiro atoms. The van der Waals surface area contributed by atoms with Gasteiger partial charge in [0.15, 0.2) is 0 Å². The van der Waals surface area contributed by atoms with Gasteiger partial charge in [0, 0.05) is 12.2 Å². The lowest BCUT2D eigenvalue weighted by Crippen LogP contribution is -2.46.